The molecule has 0 unspecified atom stereocenters. The van der Waals surface area contributed by atoms with E-state index in [1.807, 2.05) is 0 Å². The molecule has 0 N–H and O–H groups in total. The first-order chi connectivity index (χ1) is 8.75. The van der Waals surface area contributed by atoms with Crippen molar-refractivity contribution in [3.8, 4) is 5.75 Å². The second-order valence-corrected chi connectivity index (χ2v) is 6.61. The van der Waals surface area contributed by atoms with Crippen LogP contribution >= 0.6 is 0 Å². The summed E-state index contributed by atoms with van der Waals surface area (Å²) in [5.41, 5.74) is 2.80. The first-order valence-corrected chi connectivity index (χ1v) is 7.13. The van der Waals surface area contributed by atoms with Crippen molar-refractivity contribution in [1.29, 1.82) is 0 Å². The second kappa shape index (κ2) is 6.42. The minimum Gasteiger partial charge on any atom is -0.496 e. The standard InChI is InChI=1S/C17H29NO/c1-13(2)18(6)11-10-14-8-9-16(19-7)15(12-14)17(3,4)5/h8-9,12-13H,10-11H2,1-7H3. The molecule has 2 heteroatoms. The first kappa shape index (κ1) is 16.0. The molecule has 0 amide bonds. The fourth-order valence-electron chi connectivity index (χ4n) is 2.06. The number of rotatable bonds is 5. The molecule has 0 radical (unpaired) electrons. The van der Waals surface area contributed by atoms with Crippen LogP contribution in [0.15, 0.2) is 18.2 Å². The van der Waals surface area contributed by atoms with Gasteiger partial charge in [0.15, 0.2) is 0 Å². The molecule has 0 fully saturated rings. The van der Waals surface area contributed by atoms with Crippen LogP contribution in [-0.4, -0.2) is 31.6 Å². The molecule has 19 heavy (non-hydrogen) atoms. The number of ether oxygens (including phenoxy) is 1. The first-order valence-electron chi connectivity index (χ1n) is 7.13. The predicted molar refractivity (Wildman–Crippen MR) is 83.2 cm³/mol. The van der Waals surface area contributed by atoms with Gasteiger partial charge < -0.3 is 9.64 Å². The summed E-state index contributed by atoms with van der Waals surface area (Å²) in [6.07, 6.45) is 1.09. The summed E-state index contributed by atoms with van der Waals surface area (Å²) in [6.45, 7) is 12.2. The molecule has 0 saturated carbocycles. The van der Waals surface area contributed by atoms with Gasteiger partial charge in [-0.05, 0) is 49.9 Å². The van der Waals surface area contributed by atoms with E-state index in [0.29, 0.717) is 6.04 Å². The van der Waals surface area contributed by atoms with Gasteiger partial charge in [0.1, 0.15) is 5.75 Å². The molecule has 1 rings (SSSR count). The Hall–Kier alpha value is -1.02. The van der Waals surface area contributed by atoms with Gasteiger partial charge in [-0.3, -0.25) is 0 Å². The summed E-state index contributed by atoms with van der Waals surface area (Å²) in [7, 11) is 3.93. The third-order valence-corrected chi connectivity index (χ3v) is 3.71. The monoisotopic (exact) mass is 263 g/mol. The van der Waals surface area contributed by atoms with Crippen LogP contribution in [0.4, 0.5) is 0 Å². The predicted octanol–water partition coefficient (Wildman–Crippen LogP) is 3.88. The van der Waals surface area contributed by atoms with E-state index in [0.717, 1.165) is 18.7 Å². The van der Waals surface area contributed by atoms with Gasteiger partial charge in [-0.25, -0.2) is 0 Å². The molecular weight excluding hydrogens is 234 g/mol. The molecule has 0 spiro atoms. The average Bonchev–Trinajstić information content (AvgIpc) is 2.34. The molecular formula is C17H29NO. The molecule has 1 aromatic carbocycles. The van der Waals surface area contributed by atoms with Crippen molar-refractivity contribution in [3.63, 3.8) is 0 Å². The summed E-state index contributed by atoms with van der Waals surface area (Å²) in [4.78, 5) is 2.38. The Bertz CT molecular complexity index is 404. The van der Waals surface area contributed by atoms with E-state index in [-0.39, 0.29) is 5.41 Å². The van der Waals surface area contributed by atoms with E-state index >= 15 is 0 Å². The van der Waals surface area contributed by atoms with E-state index in [1.54, 1.807) is 7.11 Å². The van der Waals surface area contributed by atoms with Crippen molar-refractivity contribution in [2.75, 3.05) is 20.7 Å². The Morgan fingerprint density at radius 2 is 1.84 bits per heavy atom. The zero-order valence-corrected chi connectivity index (χ0v) is 13.6. The Morgan fingerprint density at radius 1 is 1.21 bits per heavy atom. The maximum absolute atomic E-state index is 5.48. The maximum atomic E-state index is 5.48. The van der Waals surface area contributed by atoms with Gasteiger partial charge in [-0.15, -0.1) is 0 Å². The van der Waals surface area contributed by atoms with Crippen LogP contribution in [0, 0.1) is 0 Å². The lowest BCUT2D eigenvalue weighted by Crippen LogP contribution is -2.28. The minimum atomic E-state index is 0.116. The van der Waals surface area contributed by atoms with Crippen molar-refractivity contribution in [2.24, 2.45) is 0 Å². The molecule has 0 aliphatic rings. The smallest absolute Gasteiger partial charge is 0.122 e. The van der Waals surface area contributed by atoms with Crippen molar-refractivity contribution >= 4 is 0 Å². The number of benzene rings is 1. The molecule has 108 valence electrons. The van der Waals surface area contributed by atoms with Gasteiger partial charge in [0.25, 0.3) is 0 Å². The fourth-order valence-corrected chi connectivity index (χ4v) is 2.06. The molecule has 1 aromatic rings. The minimum absolute atomic E-state index is 0.116. The average molecular weight is 263 g/mol. The van der Waals surface area contributed by atoms with Gasteiger partial charge in [0.05, 0.1) is 7.11 Å². The van der Waals surface area contributed by atoms with Crippen LogP contribution in [0.25, 0.3) is 0 Å². The highest BCUT2D eigenvalue weighted by Crippen LogP contribution is 2.32. The lowest BCUT2D eigenvalue weighted by atomic mass is 9.85. The number of hydrogen-bond acceptors (Lipinski definition) is 2. The highest BCUT2D eigenvalue weighted by atomic mass is 16.5. The number of nitrogens with zero attached hydrogens (tertiary/aromatic N) is 1. The topological polar surface area (TPSA) is 12.5 Å². The Kier molecular flexibility index (Phi) is 5.42. The lowest BCUT2D eigenvalue weighted by Gasteiger charge is -2.24. The third-order valence-electron chi connectivity index (χ3n) is 3.71. The van der Waals surface area contributed by atoms with Crippen molar-refractivity contribution in [1.82, 2.24) is 4.90 Å². The SMILES string of the molecule is COc1ccc(CCN(C)C(C)C)cc1C(C)(C)C. The van der Waals surface area contributed by atoms with E-state index in [4.69, 9.17) is 4.74 Å². The van der Waals surface area contributed by atoms with Crippen molar-refractivity contribution in [3.05, 3.63) is 29.3 Å². The molecule has 0 heterocycles. The van der Waals surface area contributed by atoms with E-state index in [2.05, 4.69) is 64.8 Å². The highest BCUT2D eigenvalue weighted by Gasteiger charge is 2.19. The maximum Gasteiger partial charge on any atom is 0.122 e. The Balaban J connectivity index is 2.87. The summed E-state index contributed by atoms with van der Waals surface area (Å²) >= 11 is 0. The van der Waals surface area contributed by atoms with E-state index in [9.17, 15) is 0 Å². The summed E-state index contributed by atoms with van der Waals surface area (Å²) in [5, 5.41) is 0. The number of hydrogen-bond donors (Lipinski definition) is 0. The molecule has 0 aliphatic heterocycles. The molecule has 2 nitrogen and oxygen atoms in total. The van der Waals surface area contributed by atoms with Crippen LogP contribution in [0.2, 0.25) is 0 Å². The van der Waals surface area contributed by atoms with Gasteiger partial charge in [0, 0.05) is 12.6 Å². The molecule has 0 aromatic heterocycles. The summed E-state index contributed by atoms with van der Waals surface area (Å²) < 4.78 is 5.48. The van der Waals surface area contributed by atoms with Crippen LogP contribution < -0.4 is 4.74 Å². The molecule has 0 saturated heterocycles. The summed E-state index contributed by atoms with van der Waals surface area (Å²) in [6, 6.07) is 7.18. The van der Waals surface area contributed by atoms with Gasteiger partial charge >= 0.3 is 0 Å². The lowest BCUT2D eigenvalue weighted by molar-refractivity contribution is 0.277. The van der Waals surface area contributed by atoms with Crippen molar-refractivity contribution in [2.45, 2.75) is 52.5 Å². The number of likely N-dealkylation sites (N-methyl/N-ethyl adjacent to an activating group) is 1. The van der Waals surface area contributed by atoms with Gasteiger partial charge in [-0.2, -0.15) is 0 Å². The Labute approximate surface area is 118 Å². The van der Waals surface area contributed by atoms with Crippen molar-refractivity contribution < 1.29 is 4.74 Å². The zero-order valence-electron chi connectivity index (χ0n) is 13.6. The largest absolute Gasteiger partial charge is 0.496 e. The van der Waals surface area contributed by atoms with Crippen LogP contribution in [0.1, 0.15) is 45.7 Å². The van der Waals surface area contributed by atoms with Crippen LogP contribution in [-0.2, 0) is 11.8 Å². The third kappa shape index (κ3) is 4.54. The normalized spacial score (nSPS) is 12.3. The zero-order chi connectivity index (χ0) is 14.6. The number of methoxy groups -OCH3 is 1. The summed E-state index contributed by atoms with van der Waals surface area (Å²) in [5.74, 6) is 0.994. The van der Waals surface area contributed by atoms with Crippen LogP contribution in [0.5, 0.6) is 5.75 Å². The molecule has 0 aliphatic carbocycles. The van der Waals surface area contributed by atoms with Crippen LogP contribution in [0.3, 0.4) is 0 Å². The van der Waals surface area contributed by atoms with E-state index in [1.165, 1.54) is 11.1 Å². The van der Waals surface area contributed by atoms with E-state index < -0.39 is 0 Å². The molecule has 0 atom stereocenters. The fraction of sp³-hybridized carbons (Fsp3) is 0.647. The second-order valence-electron chi connectivity index (χ2n) is 6.61. The van der Waals surface area contributed by atoms with Gasteiger partial charge in [-0.1, -0.05) is 32.9 Å². The highest BCUT2D eigenvalue weighted by molar-refractivity contribution is 5.41. The van der Waals surface area contributed by atoms with Gasteiger partial charge in [0.2, 0.25) is 0 Å². The quantitative estimate of drug-likeness (QED) is 0.799. The molecule has 0 bridgehead atoms. The Morgan fingerprint density at radius 3 is 2.32 bits per heavy atom.